The molecule has 1 aromatic carbocycles. The number of nitrogens with zero attached hydrogens (tertiary/aromatic N) is 4. The summed E-state index contributed by atoms with van der Waals surface area (Å²) >= 11 is 0. The third-order valence-electron chi connectivity index (χ3n) is 5.30. The second-order valence-electron chi connectivity index (χ2n) is 7.95. The lowest BCUT2D eigenvalue weighted by Crippen LogP contribution is -2.29. The van der Waals surface area contributed by atoms with Gasteiger partial charge in [-0.15, -0.1) is 0 Å². The van der Waals surface area contributed by atoms with Crippen molar-refractivity contribution in [3.05, 3.63) is 41.5 Å². The fourth-order valence-corrected chi connectivity index (χ4v) is 4.40. The summed E-state index contributed by atoms with van der Waals surface area (Å²) in [6.07, 6.45) is 5.19. The van der Waals surface area contributed by atoms with Gasteiger partial charge in [-0.1, -0.05) is 0 Å². The molecule has 2 aliphatic rings. The highest BCUT2D eigenvalue weighted by molar-refractivity contribution is 7.92. The summed E-state index contributed by atoms with van der Waals surface area (Å²) in [5.74, 6) is 0.723. The molecule has 1 aliphatic heterocycles. The Labute approximate surface area is 165 Å². The summed E-state index contributed by atoms with van der Waals surface area (Å²) in [5.41, 5.74) is 1.89. The van der Waals surface area contributed by atoms with Crippen molar-refractivity contribution in [1.82, 2.24) is 20.1 Å². The molecule has 1 amide bonds. The van der Waals surface area contributed by atoms with E-state index in [1.807, 2.05) is 13.8 Å². The van der Waals surface area contributed by atoms with E-state index in [0.29, 0.717) is 29.5 Å². The normalized spacial score (nSPS) is 19.1. The minimum Gasteiger partial charge on any atom is -0.352 e. The topological polar surface area (TPSA) is 97.2 Å². The molecule has 0 bridgehead atoms. The summed E-state index contributed by atoms with van der Waals surface area (Å²) in [6.45, 7) is 4.94. The van der Waals surface area contributed by atoms with E-state index in [1.165, 1.54) is 23.4 Å². The van der Waals surface area contributed by atoms with Gasteiger partial charge in [0.25, 0.3) is 5.91 Å². The molecule has 150 valence electrons. The molecule has 8 nitrogen and oxygen atoms in total. The predicted molar refractivity (Wildman–Crippen MR) is 106 cm³/mol. The zero-order valence-corrected chi connectivity index (χ0v) is 17.1. The second kappa shape index (κ2) is 6.88. The minimum absolute atomic E-state index is 0.132. The number of fused-ring (bicyclic) bond motifs is 1. The fourth-order valence-electron chi connectivity index (χ4n) is 3.46. The number of anilines is 1. The Morgan fingerprint density at radius 2 is 2.07 bits per heavy atom. The van der Waals surface area contributed by atoms with Crippen LogP contribution in [0.4, 0.5) is 5.69 Å². The summed E-state index contributed by atoms with van der Waals surface area (Å²) in [6, 6.07) is 5.33. The van der Waals surface area contributed by atoms with Gasteiger partial charge in [0, 0.05) is 24.7 Å². The van der Waals surface area contributed by atoms with E-state index in [1.54, 1.807) is 29.2 Å². The first kappa shape index (κ1) is 18.9. The number of hydrogen-bond acceptors (Lipinski definition) is 5. The second-order valence-corrected chi connectivity index (χ2v) is 9.86. The third-order valence-corrected chi connectivity index (χ3v) is 6.44. The van der Waals surface area contributed by atoms with E-state index in [2.05, 4.69) is 15.4 Å². The van der Waals surface area contributed by atoms with Crippen LogP contribution in [0.1, 0.15) is 60.4 Å². The van der Waals surface area contributed by atoms with Crippen molar-refractivity contribution in [3.8, 4) is 0 Å². The summed E-state index contributed by atoms with van der Waals surface area (Å²) < 4.78 is 27.7. The van der Waals surface area contributed by atoms with E-state index in [-0.39, 0.29) is 24.4 Å². The molecule has 0 saturated heterocycles. The summed E-state index contributed by atoms with van der Waals surface area (Å²) in [5, 5.41) is 7.49. The third kappa shape index (κ3) is 3.63. The van der Waals surface area contributed by atoms with Crippen molar-refractivity contribution in [2.45, 2.75) is 38.6 Å². The van der Waals surface area contributed by atoms with Gasteiger partial charge in [-0.05, 0) is 56.4 Å². The predicted octanol–water partition coefficient (Wildman–Crippen LogP) is 1.91. The molecule has 2 aromatic rings. The number of sulfonamides is 1. The van der Waals surface area contributed by atoms with Crippen LogP contribution in [-0.2, 0) is 10.0 Å². The van der Waals surface area contributed by atoms with Crippen LogP contribution in [0.3, 0.4) is 0 Å². The Hall–Kier alpha value is -2.42. The van der Waals surface area contributed by atoms with Crippen molar-refractivity contribution < 1.29 is 13.2 Å². The average molecular weight is 404 g/mol. The van der Waals surface area contributed by atoms with Crippen LogP contribution in [0, 0.1) is 5.92 Å². The van der Waals surface area contributed by atoms with Gasteiger partial charge in [0.05, 0.1) is 17.9 Å². The summed E-state index contributed by atoms with van der Waals surface area (Å²) in [7, 11) is -3.44. The number of amides is 1. The first-order chi connectivity index (χ1) is 13.2. The largest absolute Gasteiger partial charge is 0.352 e. The SMILES string of the molecule is CC(C)n1cnc(C2CN(S(C)(=O)=O)c3ccc(C(=O)NCC4CC4)cc32)n1. The first-order valence-electron chi connectivity index (χ1n) is 9.55. The molecule has 9 heteroatoms. The fraction of sp³-hybridized carbons (Fsp3) is 0.526. The van der Waals surface area contributed by atoms with Crippen molar-refractivity contribution in [3.63, 3.8) is 0 Å². The van der Waals surface area contributed by atoms with E-state index >= 15 is 0 Å². The van der Waals surface area contributed by atoms with Gasteiger partial charge in [-0.3, -0.25) is 13.8 Å². The standard InChI is InChI=1S/C19H25N5O3S/c1-12(2)23-11-21-18(22-23)16-10-24(28(3,26)27)17-7-6-14(8-15(16)17)19(25)20-9-13-4-5-13/h6-8,11-13,16H,4-5,9-10H2,1-3H3,(H,20,25). The Morgan fingerprint density at radius 1 is 1.32 bits per heavy atom. The molecular weight excluding hydrogens is 378 g/mol. The maximum Gasteiger partial charge on any atom is 0.251 e. The van der Waals surface area contributed by atoms with Crippen molar-refractivity contribution in [2.24, 2.45) is 5.92 Å². The molecule has 1 saturated carbocycles. The van der Waals surface area contributed by atoms with Gasteiger partial charge >= 0.3 is 0 Å². The molecule has 1 fully saturated rings. The van der Waals surface area contributed by atoms with Crippen LogP contribution in [0.2, 0.25) is 0 Å². The van der Waals surface area contributed by atoms with E-state index in [0.717, 1.165) is 5.56 Å². The zero-order valence-electron chi connectivity index (χ0n) is 16.3. The Bertz CT molecular complexity index is 1010. The molecule has 28 heavy (non-hydrogen) atoms. The lowest BCUT2D eigenvalue weighted by atomic mass is 9.98. The molecule has 1 aliphatic carbocycles. The highest BCUT2D eigenvalue weighted by atomic mass is 32.2. The van der Waals surface area contributed by atoms with Gasteiger partial charge in [-0.25, -0.2) is 13.4 Å². The van der Waals surface area contributed by atoms with Crippen molar-refractivity contribution >= 4 is 21.6 Å². The highest BCUT2D eigenvalue weighted by Gasteiger charge is 2.37. The van der Waals surface area contributed by atoms with Crippen LogP contribution < -0.4 is 9.62 Å². The molecule has 1 unspecified atom stereocenters. The maximum atomic E-state index is 12.5. The molecule has 0 spiro atoms. The van der Waals surface area contributed by atoms with Gasteiger partial charge in [0.1, 0.15) is 6.33 Å². The first-order valence-corrected chi connectivity index (χ1v) is 11.4. The monoisotopic (exact) mass is 403 g/mol. The van der Waals surface area contributed by atoms with Crippen molar-refractivity contribution in [2.75, 3.05) is 23.7 Å². The van der Waals surface area contributed by atoms with E-state index in [4.69, 9.17) is 0 Å². The molecule has 2 heterocycles. The zero-order chi connectivity index (χ0) is 20.1. The number of benzene rings is 1. The van der Waals surface area contributed by atoms with Crippen LogP contribution >= 0.6 is 0 Å². The van der Waals surface area contributed by atoms with Gasteiger partial charge in [-0.2, -0.15) is 5.10 Å². The Balaban J connectivity index is 1.69. The van der Waals surface area contributed by atoms with Crippen molar-refractivity contribution in [1.29, 1.82) is 0 Å². The van der Waals surface area contributed by atoms with Gasteiger partial charge < -0.3 is 5.32 Å². The van der Waals surface area contributed by atoms with Crippen LogP contribution in [-0.4, -0.2) is 48.4 Å². The number of hydrogen-bond donors (Lipinski definition) is 1. The van der Waals surface area contributed by atoms with Crippen LogP contribution in [0.5, 0.6) is 0 Å². The highest BCUT2D eigenvalue weighted by Crippen LogP contribution is 2.41. The molecular formula is C19H25N5O3S. The quantitative estimate of drug-likeness (QED) is 0.795. The molecule has 4 rings (SSSR count). The Kier molecular flexibility index (Phi) is 4.65. The lowest BCUT2D eigenvalue weighted by Gasteiger charge is -2.16. The Morgan fingerprint density at radius 3 is 2.68 bits per heavy atom. The number of carbonyl (C=O) groups is 1. The smallest absolute Gasteiger partial charge is 0.251 e. The number of aromatic nitrogens is 3. The van der Waals surface area contributed by atoms with E-state index in [9.17, 15) is 13.2 Å². The minimum atomic E-state index is -3.44. The van der Waals surface area contributed by atoms with Crippen LogP contribution in [0.15, 0.2) is 24.5 Å². The van der Waals surface area contributed by atoms with E-state index < -0.39 is 10.0 Å². The number of rotatable bonds is 6. The molecule has 0 radical (unpaired) electrons. The van der Waals surface area contributed by atoms with Gasteiger partial charge in [0.2, 0.25) is 10.0 Å². The van der Waals surface area contributed by atoms with Crippen LogP contribution in [0.25, 0.3) is 0 Å². The number of carbonyl (C=O) groups excluding carboxylic acids is 1. The maximum absolute atomic E-state index is 12.5. The molecule has 1 atom stereocenters. The summed E-state index contributed by atoms with van der Waals surface area (Å²) in [4.78, 5) is 16.9. The van der Waals surface area contributed by atoms with Gasteiger partial charge in [0.15, 0.2) is 5.82 Å². The average Bonchev–Trinajstić information content (AvgIpc) is 3.17. The molecule has 1 aromatic heterocycles. The lowest BCUT2D eigenvalue weighted by molar-refractivity contribution is 0.0951. The molecule has 1 N–H and O–H groups in total. The number of nitrogens with one attached hydrogen (secondary N) is 1.